The monoisotopic (exact) mass is 326 g/mol. The van der Waals surface area contributed by atoms with Crippen molar-refractivity contribution in [2.24, 2.45) is 5.73 Å². The molecule has 2 unspecified atom stereocenters. The lowest BCUT2D eigenvalue weighted by Crippen LogP contribution is -2.30. The van der Waals surface area contributed by atoms with Crippen LogP contribution in [0.5, 0.6) is 0 Å². The smallest absolute Gasteiger partial charge is 0.228 e. The average Bonchev–Trinajstić information content (AvgIpc) is 3.13. The fraction of sp³-hybridized carbons (Fsp3) is 0.368. The third-order valence-electron chi connectivity index (χ3n) is 5.43. The van der Waals surface area contributed by atoms with Gasteiger partial charge in [-0.1, -0.05) is 35.9 Å². The first kappa shape index (κ1) is 14.7. The second-order valence-electron chi connectivity index (χ2n) is 6.77. The summed E-state index contributed by atoms with van der Waals surface area (Å²) in [7, 11) is 0. The molecular formula is C19H19ClN2O. The van der Waals surface area contributed by atoms with E-state index in [4.69, 9.17) is 17.3 Å². The molecule has 0 aliphatic heterocycles. The fourth-order valence-corrected chi connectivity index (χ4v) is 4.08. The second-order valence-corrected chi connectivity index (χ2v) is 7.13. The maximum absolute atomic E-state index is 12.3. The molecule has 1 aromatic carbocycles. The highest BCUT2D eigenvalue weighted by molar-refractivity contribution is 6.30. The largest absolute Gasteiger partial charge is 0.369 e. The molecule has 2 atom stereocenters. The maximum atomic E-state index is 12.3. The van der Waals surface area contributed by atoms with Crippen LogP contribution in [-0.4, -0.2) is 10.9 Å². The molecule has 1 amide bonds. The van der Waals surface area contributed by atoms with Crippen molar-refractivity contribution in [2.45, 2.75) is 43.9 Å². The van der Waals surface area contributed by atoms with Gasteiger partial charge < -0.3 is 5.73 Å². The number of benzene rings is 1. The van der Waals surface area contributed by atoms with E-state index in [2.05, 4.69) is 23.2 Å². The summed E-state index contributed by atoms with van der Waals surface area (Å²) in [4.78, 5) is 16.7. The van der Waals surface area contributed by atoms with Crippen LogP contribution < -0.4 is 5.73 Å². The normalized spacial score (nSPS) is 25.2. The molecule has 2 aromatic rings. The number of carbonyl (C=O) groups excluding carboxylic acids is 1. The van der Waals surface area contributed by atoms with Gasteiger partial charge in [-0.3, -0.25) is 4.79 Å². The van der Waals surface area contributed by atoms with E-state index in [0.717, 1.165) is 29.7 Å². The Morgan fingerprint density at radius 1 is 1.26 bits per heavy atom. The summed E-state index contributed by atoms with van der Waals surface area (Å²) in [6.45, 7) is 1.92. The third kappa shape index (κ3) is 2.18. The molecule has 4 rings (SSSR count). The van der Waals surface area contributed by atoms with Crippen molar-refractivity contribution in [3.8, 4) is 0 Å². The minimum absolute atomic E-state index is 0.0255. The summed E-state index contributed by atoms with van der Waals surface area (Å²) < 4.78 is 0. The number of halogens is 1. The van der Waals surface area contributed by atoms with E-state index in [-0.39, 0.29) is 11.8 Å². The van der Waals surface area contributed by atoms with Gasteiger partial charge in [0, 0.05) is 11.6 Å². The molecule has 1 heterocycles. The number of hydrogen-bond donors (Lipinski definition) is 1. The first-order chi connectivity index (χ1) is 11.0. The highest BCUT2D eigenvalue weighted by atomic mass is 35.5. The fourth-order valence-electron chi connectivity index (χ4n) is 3.92. The van der Waals surface area contributed by atoms with E-state index in [1.54, 1.807) is 0 Å². The van der Waals surface area contributed by atoms with E-state index in [1.807, 2.05) is 19.1 Å². The molecule has 1 aromatic heterocycles. The van der Waals surface area contributed by atoms with Gasteiger partial charge >= 0.3 is 0 Å². The molecule has 23 heavy (non-hydrogen) atoms. The van der Waals surface area contributed by atoms with Gasteiger partial charge in [0.1, 0.15) is 5.15 Å². The molecule has 2 aliphatic carbocycles. The highest BCUT2D eigenvalue weighted by Crippen LogP contribution is 2.60. The summed E-state index contributed by atoms with van der Waals surface area (Å²) in [5.41, 5.74) is 10.8. The van der Waals surface area contributed by atoms with Crippen molar-refractivity contribution >= 4 is 17.5 Å². The van der Waals surface area contributed by atoms with Crippen molar-refractivity contribution in [1.29, 1.82) is 0 Å². The second kappa shape index (κ2) is 5.07. The standard InChI is InChI=1S/C19H19ClN2O/c1-11-5-8-16(22-17(11)20)15-10-19(15,18(21)23)14-7-6-12-3-2-4-13(12)9-14/h5-9,15H,2-4,10H2,1H3,(H2,21,23). The molecule has 3 nitrogen and oxygen atoms in total. The van der Waals surface area contributed by atoms with Crippen LogP contribution in [0.1, 0.15) is 46.7 Å². The van der Waals surface area contributed by atoms with Gasteiger partial charge in [0.25, 0.3) is 0 Å². The zero-order valence-corrected chi connectivity index (χ0v) is 13.9. The number of rotatable bonds is 3. The summed E-state index contributed by atoms with van der Waals surface area (Å²) >= 11 is 6.15. The SMILES string of the molecule is Cc1ccc(C2CC2(C(N)=O)c2ccc3c(c2)CCC3)nc1Cl. The number of hydrogen-bond acceptors (Lipinski definition) is 2. The van der Waals surface area contributed by atoms with Crippen LogP contribution in [0.15, 0.2) is 30.3 Å². The zero-order chi connectivity index (χ0) is 16.2. The van der Waals surface area contributed by atoms with Gasteiger partial charge in [0.05, 0.1) is 5.41 Å². The third-order valence-corrected chi connectivity index (χ3v) is 5.81. The first-order valence-corrected chi connectivity index (χ1v) is 8.45. The maximum Gasteiger partial charge on any atom is 0.228 e. The molecular weight excluding hydrogens is 308 g/mol. The van der Waals surface area contributed by atoms with Crippen molar-refractivity contribution in [3.63, 3.8) is 0 Å². The predicted octanol–water partition coefficient (Wildman–Crippen LogP) is 3.44. The number of carbonyl (C=O) groups is 1. The van der Waals surface area contributed by atoms with Crippen molar-refractivity contribution in [1.82, 2.24) is 4.98 Å². The van der Waals surface area contributed by atoms with Crippen LogP contribution in [0.4, 0.5) is 0 Å². The molecule has 118 valence electrons. The zero-order valence-electron chi connectivity index (χ0n) is 13.1. The van der Waals surface area contributed by atoms with Crippen LogP contribution in [0.25, 0.3) is 0 Å². The number of primary amides is 1. The first-order valence-electron chi connectivity index (χ1n) is 8.07. The van der Waals surface area contributed by atoms with Crippen LogP contribution in [0.3, 0.4) is 0 Å². The van der Waals surface area contributed by atoms with Gasteiger partial charge in [-0.25, -0.2) is 4.98 Å². The number of aromatic nitrogens is 1. The molecule has 0 spiro atoms. The van der Waals surface area contributed by atoms with Gasteiger partial charge in [-0.2, -0.15) is 0 Å². The average molecular weight is 327 g/mol. The van der Waals surface area contributed by atoms with E-state index < -0.39 is 5.41 Å². The Kier molecular flexibility index (Phi) is 3.24. The van der Waals surface area contributed by atoms with Crippen LogP contribution >= 0.6 is 11.6 Å². The minimum Gasteiger partial charge on any atom is -0.369 e. The lowest BCUT2D eigenvalue weighted by atomic mass is 9.89. The number of fused-ring (bicyclic) bond motifs is 1. The topological polar surface area (TPSA) is 56.0 Å². The van der Waals surface area contributed by atoms with Crippen molar-refractivity contribution < 1.29 is 4.79 Å². The summed E-state index contributed by atoms with van der Waals surface area (Å²) in [5, 5.41) is 0.502. The minimum atomic E-state index is -0.622. The number of nitrogens with zero attached hydrogens (tertiary/aromatic N) is 1. The predicted molar refractivity (Wildman–Crippen MR) is 90.7 cm³/mol. The van der Waals surface area contributed by atoms with E-state index in [1.165, 1.54) is 17.5 Å². The van der Waals surface area contributed by atoms with Gasteiger partial charge in [0.15, 0.2) is 0 Å². The molecule has 0 bridgehead atoms. The van der Waals surface area contributed by atoms with E-state index in [0.29, 0.717) is 11.6 Å². The number of aryl methyl sites for hydroxylation is 3. The van der Waals surface area contributed by atoms with Crippen molar-refractivity contribution in [3.05, 3.63) is 63.4 Å². The van der Waals surface area contributed by atoms with E-state index in [9.17, 15) is 4.79 Å². The summed E-state index contributed by atoms with van der Waals surface area (Å²) in [6, 6.07) is 10.3. The molecule has 0 radical (unpaired) electrons. The van der Waals surface area contributed by atoms with Gasteiger partial charge in [-0.15, -0.1) is 0 Å². The Hall–Kier alpha value is -1.87. The Morgan fingerprint density at radius 2 is 2.04 bits per heavy atom. The van der Waals surface area contributed by atoms with Crippen LogP contribution in [-0.2, 0) is 23.1 Å². The molecule has 4 heteroatoms. The number of nitrogens with two attached hydrogens (primary N) is 1. The Bertz CT molecular complexity index is 817. The molecule has 1 saturated carbocycles. The van der Waals surface area contributed by atoms with Crippen LogP contribution in [0.2, 0.25) is 5.15 Å². The number of amides is 1. The Labute approximate surface area is 140 Å². The summed E-state index contributed by atoms with van der Waals surface area (Å²) in [6.07, 6.45) is 4.14. The Morgan fingerprint density at radius 3 is 2.78 bits per heavy atom. The quantitative estimate of drug-likeness (QED) is 0.878. The number of pyridine rings is 1. The Balaban J connectivity index is 1.75. The molecule has 2 aliphatic rings. The summed E-state index contributed by atoms with van der Waals surface area (Å²) in [5.74, 6) is -0.239. The lowest BCUT2D eigenvalue weighted by molar-refractivity contribution is -0.120. The van der Waals surface area contributed by atoms with Crippen LogP contribution in [0, 0.1) is 6.92 Å². The molecule has 1 fully saturated rings. The lowest BCUT2D eigenvalue weighted by Gasteiger charge is -2.16. The van der Waals surface area contributed by atoms with Gasteiger partial charge in [-0.05, 0) is 60.9 Å². The van der Waals surface area contributed by atoms with Gasteiger partial charge in [0.2, 0.25) is 5.91 Å². The highest BCUT2D eigenvalue weighted by Gasteiger charge is 2.61. The van der Waals surface area contributed by atoms with Crippen molar-refractivity contribution in [2.75, 3.05) is 0 Å². The van der Waals surface area contributed by atoms with E-state index >= 15 is 0 Å². The molecule has 0 saturated heterocycles. The molecule has 2 N–H and O–H groups in total.